The van der Waals surface area contributed by atoms with Crippen molar-refractivity contribution >= 4 is 16.0 Å². The van der Waals surface area contributed by atoms with Crippen LogP contribution in [0.2, 0.25) is 0 Å². The maximum absolute atomic E-state index is 11.1. The van der Waals surface area contributed by atoms with Gasteiger partial charge in [0.15, 0.2) is 0 Å². The molecule has 2 N–H and O–H groups in total. The predicted molar refractivity (Wildman–Crippen MR) is 56.9 cm³/mol. The number of nitrogens with one attached hydrogen (secondary N) is 2. The van der Waals surface area contributed by atoms with Crippen LogP contribution in [0.4, 0.5) is 0 Å². The molecule has 0 saturated carbocycles. The Bertz CT molecular complexity index is 289. The lowest BCUT2D eigenvalue weighted by molar-refractivity contribution is -0.143. The van der Waals surface area contributed by atoms with Gasteiger partial charge in [0.05, 0.1) is 12.9 Å². The average Bonchev–Trinajstić information content (AvgIpc) is 2.23. The summed E-state index contributed by atoms with van der Waals surface area (Å²) in [6.07, 6.45) is 0.562. The van der Waals surface area contributed by atoms with Crippen LogP contribution in [0.15, 0.2) is 0 Å². The van der Waals surface area contributed by atoms with Gasteiger partial charge in [-0.3, -0.25) is 4.79 Å². The van der Waals surface area contributed by atoms with Crippen LogP contribution in [-0.4, -0.2) is 46.9 Å². The van der Waals surface area contributed by atoms with Crippen molar-refractivity contribution in [2.24, 2.45) is 0 Å². The molecule has 0 aromatic heterocycles. The molecule has 0 radical (unpaired) electrons. The van der Waals surface area contributed by atoms with E-state index in [0.717, 1.165) is 0 Å². The molecule has 0 aliphatic heterocycles. The fourth-order valence-corrected chi connectivity index (χ4v) is 1.60. The molecule has 90 valence electrons. The highest BCUT2D eigenvalue weighted by atomic mass is 32.2. The lowest BCUT2D eigenvalue weighted by Gasteiger charge is -2.13. The summed E-state index contributed by atoms with van der Waals surface area (Å²) in [5, 5.41) is 2.82. The third-order valence-electron chi connectivity index (χ3n) is 1.97. The minimum atomic E-state index is -3.22. The predicted octanol–water partition coefficient (Wildman–Crippen LogP) is -0.923. The van der Waals surface area contributed by atoms with E-state index in [0.29, 0.717) is 6.42 Å². The third kappa shape index (κ3) is 5.71. The minimum Gasteiger partial charge on any atom is -0.468 e. The first-order valence-corrected chi connectivity index (χ1v) is 6.34. The molecule has 15 heavy (non-hydrogen) atoms. The summed E-state index contributed by atoms with van der Waals surface area (Å²) in [6, 6.07) is -0.443. The average molecular weight is 238 g/mol. The van der Waals surface area contributed by atoms with E-state index in [1.54, 1.807) is 0 Å². The molecule has 6 nitrogen and oxygen atoms in total. The Morgan fingerprint density at radius 2 is 2.07 bits per heavy atom. The minimum absolute atomic E-state index is 0.0585. The number of carbonyl (C=O) groups excluding carboxylic acids is 1. The Morgan fingerprint density at radius 1 is 1.47 bits per heavy atom. The zero-order valence-corrected chi connectivity index (χ0v) is 10.1. The summed E-state index contributed by atoms with van der Waals surface area (Å²) >= 11 is 0. The fourth-order valence-electron chi connectivity index (χ4n) is 1.01. The molecular formula is C8H18N2O4S. The fraction of sp³-hybridized carbons (Fsp3) is 0.875. The van der Waals surface area contributed by atoms with Crippen molar-refractivity contribution in [3.63, 3.8) is 0 Å². The van der Waals surface area contributed by atoms with Crippen molar-refractivity contribution < 1.29 is 17.9 Å². The summed E-state index contributed by atoms with van der Waals surface area (Å²) < 4.78 is 28.8. The molecule has 0 saturated heterocycles. The van der Waals surface area contributed by atoms with Crippen molar-refractivity contribution in [3.8, 4) is 0 Å². The van der Waals surface area contributed by atoms with Gasteiger partial charge >= 0.3 is 5.97 Å². The van der Waals surface area contributed by atoms with Gasteiger partial charge in [-0.05, 0) is 13.5 Å². The summed E-state index contributed by atoms with van der Waals surface area (Å²) in [7, 11) is -0.564. The van der Waals surface area contributed by atoms with Crippen LogP contribution in [0, 0.1) is 0 Å². The Labute approximate surface area is 90.4 Å². The van der Waals surface area contributed by atoms with Gasteiger partial charge < -0.3 is 10.1 Å². The first kappa shape index (κ1) is 14.3. The van der Waals surface area contributed by atoms with Gasteiger partial charge in [-0.25, -0.2) is 13.1 Å². The van der Waals surface area contributed by atoms with Gasteiger partial charge in [-0.2, -0.15) is 0 Å². The first-order chi connectivity index (χ1) is 6.96. The smallest absolute Gasteiger partial charge is 0.322 e. The van der Waals surface area contributed by atoms with Crippen molar-refractivity contribution in [1.29, 1.82) is 0 Å². The monoisotopic (exact) mass is 238 g/mol. The van der Waals surface area contributed by atoms with Gasteiger partial charge in [0.25, 0.3) is 0 Å². The van der Waals surface area contributed by atoms with E-state index in [2.05, 4.69) is 14.8 Å². The molecule has 0 spiro atoms. The molecule has 0 aromatic rings. The second-order valence-corrected chi connectivity index (χ2v) is 5.01. The van der Waals surface area contributed by atoms with Crippen LogP contribution in [-0.2, 0) is 19.6 Å². The molecular weight excluding hydrogens is 220 g/mol. The second kappa shape index (κ2) is 6.76. The lowest BCUT2D eigenvalue weighted by Crippen LogP contribution is -2.40. The maximum Gasteiger partial charge on any atom is 0.322 e. The van der Waals surface area contributed by atoms with Gasteiger partial charge in [-0.1, -0.05) is 6.92 Å². The van der Waals surface area contributed by atoms with Crippen molar-refractivity contribution in [1.82, 2.24) is 10.0 Å². The van der Waals surface area contributed by atoms with Gasteiger partial charge in [-0.15, -0.1) is 0 Å². The normalized spacial score (nSPS) is 13.5. The van der Waals surface area contributed by atoms with Crippen LogP contribution in [0.3, 0.4) is 0 Å². The maximum atomic E-state index is 11.1. The molecule has 1 unspecified atom stereocenters. The zero-order valence-electron chi connectivity index (χ0n) is 9.24. The number of carbonyl (C=O) groups is 1. The van der Waals surface area contributed by atoms with E-state index in [1.165, 1.54) is 14.2 Å². The Balaban J connectivity index is 3.98. The molecule has 0 amide bonds. The van der Waals surface area contributed by atoms with Crippen LogP contribution in [0.5, 0.6) is 0 Å². The lowest BCUT2D eigenvalue weighted by atomic mass is 10.2. The molecule has 7 heteroatoms. The number of methoxy groups -OCH3 is 1. The number of hydrogen-bond acceptors (Lipinski definition) is 5. The van der Waals surface area contributed by atoms with E-state index >= 15 is 0 Å². The molecule has 0 aromatic carbocycles. The van der Waals surface area contributed by atoms with Crippen molar-refractivity contribution in [3.05, 3.63) is 0 Å². The van der Waals surface area contributed by atoms with Gasteiger partial charge in [0.2, 0.25) is 10.0 Å². The van der Waals surface area contributed by atoms with Crippen LogP contribution >= 0.6 is 0 Å². The largest absolute Gasteiger partial charge is 0.468 e. The number of ether oxygens (including phenoxy) is 1. The summed E-state index contributed by atoms with van der Waals surface area (Å²) in [6.45, 7) is 2.04. The molecule has 0 fully saturated rings. The first-order valence-electron chi connectivity index (χ1n) is 4.69. The molecule has 0 heterocycles. The van der Waals surface area contributed by atoms with Gasteiger partial charge in [0.1, 0.15) is 6.04 Å². The number of hydrogen-bond donors (Lipinski definition) is 2. The van der Waals surface area contributed by atoms with Crippen LogP contribution in [0.1, 0.15) is 13.3 Å². The molecule has 0 rings (SSSR count). The molecule has 0 bridgehead atoms. The Kier molecular flexibility index (Phi) is 6.46. The number of rotatable bonds is 7. The van der Waals surface area contributed by atoms with E-state index in [1.807, 2.05) is 6.92 Å². The van der Waals surface area contributed by atoms with Crippen molar-refractivity contribution in [2.75, 3.05) is 26.5 Å². The summed E-state index contributed by atoms with van der Waals surface area (Å²) in [4.78, 5) is 11.1. The zero-order chi connectivity index (χ0) is 11.9. The van der Waals surface area contributed by atoms with E-state index in [4.69, 9.17) is 0 Å². The highest BCUT2D eigenvalue weighted by Crippen LogP contribution is 1.93. The second-order valence-electron chi connectivity index (χ2n) is 2.96. The van der Waals surface area contributed by atoms with Gasteiger partial charge in [0, 0.05) is 6.54 Å². The molecule has 0 aliphatic carbocycles. The third-order valence-corrected chi connectivity index (χ3v) is 3.33. The van der Waals surface area contributed by atoms with E-state index in [-0.39, 0.29) is 18.3 Å². The molecule has 0 aliphatic rings. The quantitative estimate of drug-likeness (QED) is 0.560. The Morgan fingerprint density at radius 3 is 2.47 bits per heavy atom. The Hall–Kier alpha value is -0.660. The summed E-state index contributed by atoms with van der Waals surface area (Å²) in [5.41, 5.74) is 0. The number of sulfonamides is 1. The molecule has 1 atom stereocenters. The van der Waals surface area contributed by atoms with Crippen LogP contribution in [0.25, 0.3) is 0 Å². The topological polar surface area (TPSA) is 84.5 Å². The highest BCUT2D eigenvalue weighted by molar-refractivity contribution is 7.89. The summed E-state index contributed by atoms with van der Waals surface area (Å²) in [5.74, 6) is -0.434. The van der Waals surface area contributed by atoms with Crippen molar-refractivity contribution in [2.45, 2.75) is 19.4 Å². The standard InChI is InChI=1S/C8H18N2O4S/c1-4-7(8(11)14-3)10-5-6-15(12,13)9-2/h7,9-10H,4-6H2,1-3H3. The SMILES string of the molecule is CCC(NCCS(=O)(=O)NC)C(=O)OC. The number of esters is 1. The van der Waals surface area contributed by atoms with E-state index < -0.39 is 16.1 Å². The highest BCUT2D eigenvalue weighted by Gasteiger charge is 2.16. The van der Waals surface area contributed by atoms with Crippen LogP contribution < -0.4 is 10.0 Å². The van der Waals surface area contributed by atoms with E-state index in [9.17, 15) is 13.2 Å².